The van der Waals surface area contributed by atoms with Gasteiger partial charge in [0.25, 0.3) is 0 Å². The number of aromatic nitrogens is 2. The highest BCUT2D eigenvalue weighted by molar-refractivity contribution is 5.87. The van der Waals surface area contributed by atoms with Gasteiger partial charge in [-0.15, -0.1) is 0 Å². The molecule has 0 aliphatic carbocycles. The molecule has 0 saturated heterocycles. The maximum Gasteiger partial charge on any atom is 0.337 e. The monoisotopic (exact) mass is 243 g/mol. The molecule has 18 heavy (non-hydrogen) atoms. The van der Waals surface area contributed by atoms with E-state index in [4.69, 9.17) is 5.11 Å². The number of carboxylic acid groups (broad SMARTS) is 1. The predicted octanol–water partition coefficient (Wildman–Crippen LogP) is 2.10. The normalized spacial score (nSPS) is 10.1. The van der Waals surface area contributed by atoms with Crippen LogP contribution in [0.1, 0.15) is 21.5 Å². The molecule has 0 saturated carbocycles. The van der Waals surface area contributed by atoms with E-state index >= 15 is 0 Å². The smallest absolute Gasteiger partial charge is 0.337 e. The van der Waals surface area contributed by atoms with Crippen LogP contribution in [0.25, 0.3) is 0 Å². The molecule has 0 unspecified atom stereocenters. The van der Waals surface area contributed by atoms with Gasteiger partial charge in [-0.05, 0) is 36.2 Å². The van der Waals surface area contributed by atoms with Crippen LogP contribution in [0.2, 0.25) is 0 Å². The lowest BCUT2D eigenvalue weighted by molar-refractivity contribution is 0.0696. The summed E-state index contributed by atoms with van der Waals surface area (Å²) in [7, 11) is 0. The molecule has 2 aromatic rings. The summed E-state index contributed by atoms with van der Waals surface area (Å²) < 4.78 is 0. The number of aryl methyl sites for hydroxylation is 1. The molecule has 5 nitrogen and oxygen atoms in total. The molecule has 0 amide bonds. The molecule has 0 aromatic carbocycles. The molecule has 92 valence electrons. The van der Waals surface area contributed by atoms with E-state index in [-0.39, 0.29) is 5.56 Å². The number of hydrogen-bond donors (Lipinski definition) is 2. The summed E-state index contributed by atoms with van der Waals surface area (Å²) in [5, 5.41) is 11.9. The fourth-order valence-electron chi connectivity index (χ4n) is 1.49. The van der Waals surface area contributed by atoms with Gasteiger partial charge in [-0.2, -0.15) is 0 Å². The van der Waals surface area contributed by atoms with Gasteiger partial charge in [0.15, 0.2) is 0 Å². The van der Waals surface area contributed by atoms with Gasteiger partial charge in [-0.3, -0.25) is 4.98 Å². The highest BCUT2D eigenvalue weighted by Gasteiger charge is 2.03. The minimum absolute atomic E-state index is 0.179. The van der Waals surface area contributed by atoms with Gasteiger partial charge in [-0.25, -0.2) is 9.78 Å². The largest absolute Gasteiger partial charge is 0.478 e. The third kappa shape index (κ3) is 2.82. The number of nitrogens with one attached hydrogen (secondary N) is 1. The third-order valence-electron chi connectivity index (χ3n) is 2.62. The number of carboxylic acids is 1. The number of carbonyl (C=O) groups is 1. The van der Waals surface area contributed by atoms with Gasteiger partial charge in [0.05, 0.1) is 5.56 Å². The standard InChI is InChI=1S/C13H13N3O2/c1-9-4-5-14-6-11(9)8-16-12-3-2-10(7-15-12)13(17)18/h2-7H,8H2,1H3,(H,15,16)(H,17,18). The maximum atomic E-state index is 10.7. The van der Waals surface area contributed by atoms with Crippen molar-refractivity contribution in [2.75, 3.05) is 5.32 Å². The number of anilines is 1. The molecule has 0 fully saturated rings. The van der Waals surface area contributed by atoms with Crippen LogP contribution < -0.4 is 5.32 Å². The molecular formula is C13H13N3O2. The van der Waals surface area contributed by atoms with Gasteiger partial charge >= 0.3 is 5.97 Å². The molecule has 2 aromatic heterocycles. The Hall–Kier alpha value is -2.43. The number of rotatable bonds is 4. The molecule has 0 atom stereocenters. The molecule has 2 rings (SSSR count). The van der Waals surface area contributed by atoms with E-state index in [0.717, 1.165) is 11.1 Å². The fourth-order valence-corrected chi connectivity index (χ4v) is 1.49. The van der Waals surface area contributed by atoms with Gasteiger partial charge in [-0.1, -0.05) is 0 Å². The zero-order valence-electron chi connectivity index (χ0n) is 9.92. The van der Waals surface area contributed by atoms with E-state index in [0.29, 0.717) is 12.4 Å². The van der Waals surface area contributed by atoms with Gasteiger partial charge < -0.3 is 10.4 Å². The summed E-state index contributed by atoms with van der Waals surface area (Å²) in [6, 6.07) is 5.11. The molecule has 0 aliphatic rings. The number of pyridine rings is 2. The first-order valence-corrected chi connectivity index (χ1v) is 5.49. The van der Waals surface area contributed by atoms with E-state index in [1.54, 1.807) is 18.5 Å². The van der Waals surface area contributed by atoms with Crippen molar-refractivity contribution in [2.45, 2.75) is 13.5 Å². The molecule has 0 bridgehead atoms. The average molecular weight is 243 g/mol. The molecule has 0 aliphatic heterocycles. The van der Waals surface area contributed by atoms with Crippen molar-refractivity contribution in [3.8, 4) is 0 Å². The molecule has 5 heteroatoms. The van der Waals surface area contributed by atoms with Crippen molar-refractivity contribution in [2.24, 2.45) is 0 Å². The van der Waals surface area contributed by atoms with Crippen LogP contribution in [-0.2, 0) is 6.54 Å². The van der Waals surface area contributed by atoms with E-state index in [1.165, 1.54) is 12.3 Å². The molecule has 0 radical (unpaired) electrons. The summed E-state index contributed by atoms with van der Waals surface area (Å²) in [4.78, 5) is 18.8. The Morgan fingerprint density at radius 1 is 1.33 bits per heavy atom. The Morgan fingerprint density at radius 2 is 2.17 bits per heavy atom. The number of hydrogen-bond acceptors (Lipinski definition) is 4. The van der Waals surface area contributed by atoms with Crippen molar-refractivity contribution in [3.63, 3.8) is 0 Å². The first-order valence-electron chi connectivity index (χ1n) is 5.49. The van der Waals surface area contributed by atoms with Crippen LogP contribution in [0, 0.1) is 6.92 Å². The molecule has 2 N–H and O–H groups in total. The zero-order valence-corrected chi connectivity index (χ0v) is 9.92. The topological polar surface area (TPSA) is 75.1 Å². The maximum absolute atomic E-state index is 10.7. The lowest BCUT2D eigenvalue weighted by atomic mass is 10.1. The summed E-state index contributed by atoms with van der Waals surface area (Å²) in [6.45, 7) is 2.62. The van der Waals surface area contributed by atoms with Gasteiger partial charge in [0, 0.05) is 25.1 Å². The summed E-state index contributed by atoms with van der Waals surface area (Å²) >= 11 is 0. The quantitative estimate of drug-likeness (QED) is 0.860. The lowest BCUT2D eigenvalue weighted by Gasteiger charge is -2.07. The van der Waals surface area contributed by atoms with Crippen LogP contribution in [0.5, 0.6) is 0 Å². The Balaban J connectivity index is 2.02. The Morgan fingerprint density at radius 3 is 2.78 bits per heavy atom. The lowest BCUT2D eigenvalue weighted by Crippen LogP contribution is -2.04. The minimum atomic E-state index is -0.975. The first-order chi connectivity index (χ1) is 8.66. The van der Waals surface area contributed by atoms with Crippen LogP contribution >= 0.6 is 0 Å². The summed E-state index contributed by atoms with van der Waals surface area (Å²) in [5.41, 5.74) is 2.42. The molecular weight excluding hydrogens is 230 g/mol. The molecule has 2 heterocycles. The van der Waals surface area contributed by atoms with E-state index in [1.807, 2.05) is 13.0 Å². The second kappa shape index (κ2) is 5.27. The van der Waals surface area contributed by atoms with Crippen LogP contribution in [0.4, 0.5) is 5.82 Å². The number of nitrogens with zero attached hydrogens (tertiary/aromatic N) is 2. The van der Waals surface area contributed by atoms with Crippen molar-refractivity contribution >= 4 is 11.8 Å². The fraction of sp³-hybridized carbons (Fsp3) is 0.154. The highest BCUT2D eigenvalue weighted by atomic mass is 16.4. The van der Waals surface area contributed by atoms with Crippen LogP contribution in [0.15, 0.2) is 36.8 Å². The first kappa shape index (κ1) is 12.0. The van der Waals surface area contributed by atoms with E-state index in [9.17, 15) is 4.79 Å². The average Bonchev–Trinajstić information content (AvgIpc) is 2.38. The Bertz CT molecular complexity index is 552. The Kier molecular flexibility index (Phi) is 3.52. The SMILES string of the molecule is Cc1ccncc1CNc1ccc(C(=O)O)cn1. The predicted molar refractivity (Wildman–Crippen MR) is 67.5 cm³/mol. The second-order valence-corrected chi connectivity index (χ2v) is 3.89. The van der Waals surface area contributed by atoms with E-state index in [2.05, 4.69) is 15.3 Å². The second-order valence-electron chi connectivity index (χ2n) is 3.89. The summed E-state index contributed by atoms with van der Waals surface area (Å²) in [6.07, 6.45) is 4.88. The highest BCUT2D eigenvalue weighted by Crippen LogP contribution is 2.09. The van der Waals surface area contributed by atoms with Crippen LogP contribution in [-0.4, -0.2) is 21.0 Å². The number of aromatic carboxylic acids is 1. The van der Waals surface area contributed by atoms with Crippen molar-refractivity contribution < 1.29 is 9.90 Å². The van der Waals surface area contributed by atoms with E-state index < -0.39 is 5.97 Å². The van der Waals surface area contributed by atoms with Gasteiger partial charge in [0.2, 0.25) is 0 Å². The Labute approximate surface area is 105 Å². The van der Waals surface area contributed by atoms with Gasteiger partial charge in [0.1, 0.15) is 5.82 Å². The summed E-state index contributed by atoms with van der Waals surface area (Å²) in [5.74, 6) is -0.333. The minimum Gasteiger partial charge on any atom is -0.478 e. The van der Waals surface area contributed by atoms with Crippen molar-refractivity contribution in [1.29, 1.82) is 0 Å². The third-order valence-corrected chi connectivity index (χ3v) is 2.62. The van der Waals surface area contributed by atoms with Crippen molar-refractivity contribution in [1.82, 2.24) is 9.97 Å². The van der Waals surface area contributed by atoms with Crippen LogP contribution in [0.3, 0.4) is 0 Å². The zero-order chi connectivity index (χ0) is 13.0. The molecule has 0 spiro atoms. The van der Waals surface area contributed by atoms with Crippen molar-refractivity contribution in [3.05, 3.63) is 53.5 Å².